The maximum atomic E-state index is 13.5. The fourth-order valence-electron chi connectivity index (χ4n) is 3.13. The average Bonchev–Trinajstić information content (AvgIpc) is 3.32. The molecule has 0 aliphatic carbocycles. The number of ketones is 1. The van der Waals surface area contributed by atoms with Crippen LogP contribution in [0.3, 0.4) is 0 Å². The van der Waals surface area contributed by atoms with Crippen molar-refractivity contribution >= 4 is 28.7 Å². The van der Waals surface area contributed by atoms with Crippen LogP contribution in [0.2, 0.25) is 0 Å². The molecule has 0 bridgehead atoms. The molecule has 8 heteroatoms. The van der Waals surface area contributed by atoms with Gasteiger partial charge in [-0.1, -0.05) is 24.8 Å². The second kappa shape index (κ2) is 10.8. The van der Waals surface area contributed by atoms with E-state index < -0.39 is 11.6 Å². The maximum Gasteiger partial charge on any atom is 1.00 e. The van der Waals surface area contributed by atoms with Gasteiger partial charge in [0.15, 0.2) is 0 Å². The first-order chi connectivity index (χ1) is 15.2. The van der Waals surface area contributed by atoms with Crippen molar-refractivity contribution in [3.05, 3.63) is 71.6 Å². The Morgan fingerprint density at radius 3 is 2.18 bits per heavy atom. The molecule has 0 saturated carbocycles. The quantitative estimate of drug-likeness (QED) is 0.273. The zero-order valence-corrected chi connectivity index (χ0v) is 20.1. The Morgan fingerprint density at radius 1 is 1.00 bits per heavy atom. The number of Topliss-reactive ketones (excluding diaryl/α,β-unsaturated/α-hetero) is 1. The number of carboxylic acids is 1. The van der Waals surface area contributed by atoms with E-state index >= 15 is 0 Å². The van der Waals surface area contributed by atoms with E-state index in [4.69, 9.17) is 14.2 Å². The Kier molecular flexibility index (Phi) is 8.56. The first kappa shape index (κ1) is 26.3. The van der Waals surface area contributed by atoms with Gasteiger partial charge >= 0.3 is 18.9 Å². The van der Waals surface area contributed by atoms with Crippen LogP contribution in [0.25, 0.3) is 16.0 Å². The van der Waals surface area contributed by atoms with Gasteiger partial charge in [-0.05, 0) is 55.1 Å². The van der Waals surface area contributed by atoms with E-state index in [-0.39, 0.29) is 35.8 Å². The number of hydrogen-bond acceptors (Lipinski definition) is 7. The van der Waals surface area contributed by atoms with E-state index in [0.717, 1.165) is 10.4 Å². The van der Waals surface area contributed by atoms with Crippen LogP contribution in [-0.2, 0) is 4.79 Å². The van der Waals surface area contributed by atoms with Crippen molar-refractivity contribution in [2.45, 2.75) is 19.4 Å². The molecule has 166 valence electrons. The largest absolute Gasteiger partial charge is 1.00 e. The van der Waals surface area contributed by atoms with Crippen LogP contribution < -0.4 is 38.2 Å². The third-order valence-corrected chi connectivity index (χ3v) is 5.80. The summed E-state index contributed by atoms with van der Waals surface area (Å²) in [6.07, 6.45) is 0. The summed E-state index contributed by atoms with van der Waals surface area (Å²) in [5.41, 5.74) is 0.365. The standard InChI is InChI=1S/C25H24O6S.Li/c1-15(16-8-10-17(11-9-16)31-25(2,3)24(27)28)22(26)21-19(29-4)13-12-18(23(21)30-5)20-7-6-14-32-20;/h6-14H,1H2,2-5H3,(H,27,28);/q;+1/p-1. The molecule has 3 aromatic rings. The summed E-state index contributed by atoms with van der Waals surface area (Å²) in [6, 6.07) is 13.9. The minimum atomic E-state index is -1.49. The Bertz CT molecular complexity index is 1150. The Labute approximate surface area is 209 Å². The van der Waals surface area contributed by atoms with Crippen LogP contribution in [-0.4, -0.2) is 31.6 Å². The number of allylic oxidation sites excluding steroid dienone is 1. The normalized spacial score (nSPS) is 10.7. The van der Waals surface area contributed by atoms with E-state index in [1.165, 1.54) is 39.4 Å². The molecule has 0 fully saturated rings. The molecule has 0 atom stereocenters. The predicted molar refractivity (Wildman–Crippen MR) is 122 cm³/mol. The number of ether oxygens (including phenoxy) is 3. The zero-order valence-electron chi connectivity index (χ0n) is 19.3. The first-order valence-electron chi connectivity index (χ1n) is 9.73. The number of methoxy groups -OCH3 is 2. The second-order valence-electron chi connectivity index (χ2n) is 7.43. The number of hydrogen-bond donors (Lipinski definition) is 0. The minimum absolute atomic E-state index is 0. The van der Waals surface area contributed by atoms with Crippen molar-refractivity contribution < 1.29 is 47.8 Å². The molecule has 0 saturated heterocycles. The van der Waals surface area contributed by atoms with Crippen molar-refractivity contribution in [1.29, 1.82) is 0 Å². The molecule has 6 nitrogen and oxygen atoms in total. The minimum Gasteiger partial charge on any atom is -0.546 e. The fraction of sp³-hybridized carbons (Fsp3) is 0.200. The predicted octanol–water partition coefficient (Wildman–Crippen LogP) is 1.24. The first-order valence-corrected chi connectivity index (χ1v) is 10.6. The van der Waals surface area contributed by atoms with Gasteiger partial charge in [-0.25, -0.2) is 0 Å². The van der Waals surface area contributed by atoms with Crippen LogP contribution in [0.5, 0.6) is 17.2 Å². The number of benzene rings is 2. The molecular formula is C25H23LiO6S. The second-order valence-corrected chi connectivity index (χ2v) is 8.38. The molecular weight excluding hydrogens is 435 g/mol. The molecule has 0 amide bonds. The molecule has 1 aromatic heterocycles. The van der Waals surface area contributed by atoms with Gasteiger partial charge in [0, 0.05) is 16.0 Å². The van der Waals surface area contributed by atoms with Crippen LogP contribution in [0.1, 0.15) is 29.8 Å². The molecule has 1 heterocycles. The third kappa shape index (κ3) is 5.51. The van der Waals surface area contributed by atoms with Gasteiger partial charge in [0.2, 0.25) is 5.78 Å². The number of rotatable bonds is 9. The van der Waals surface area contributed by atoms with Crippen molar-refractivity contribution in [3.63, 3.8) is 0 Å². The summed E-state index contributed by atoms with van der Waals surface area (Å²) in [6.45, 7) is 6.78. The van der Waals surface area contributed by atoms with Crippen molar-refractivity contribution in [2.75, 3.05) is 14.2 Å². The van der Waals surface area contributed by atoms with Gasteiger partial charge in [-0.2, -0.15) is 0 Å². The Morgan fingerprint density at radius 2 is 1.67 bits per heavy atom. The van der Waals surface area contributed by atoms with E-state index in [9.17, 15) is 14.7 Å². The molecule has 2 aromatic carbocycles. The molecule has 0 N–H and O–H groups in total. The maximum absolute atomic E-state index is 13.5. The SMILES string of the molecule is C=C(C(=O)c1c(OC)ccc(-c2cccs2)c1OC)c1ccc(OC(C)(C)C(=O)[O-])cc1.[Li+]. The zero-order chi connectivity index (χ0) is 23.5. The molecule has 0 aliphatic rings. The smallest absolute Gasteiger partial charge is 0.546 e. The Balaban J connectivity index is 0.00000385. The van der Waals surface area contributed by atoms with E-state index in [2.05, 4.69) is 6.58 Å². The molecule has 0 spiro atoms. The van der Waals surface area contributed by atoms with Crippen LogP contribution >= 0.6 is 11.3 Å². The van der Waals surface area contributed by atoms with Gasteiger partial charge in [0.25, 0.3) is 0 Å². The average molecular weight is 458 g/mol. The van der Waals surface area contributed by atoms with Crippen LogP contribution in [0, 0.1) is 0 Å². The van der Waals surface area contributed by atoms with Crippen LogP contribution in [0.4, 0.5) is 0 Å². The van der Waals surface area contributed by atoms with Gasteiger partial charge in [0.1, 0.15) is 28.4 Å². The molecule has 0 radical (unpaired) electrons. The summed E-state index contributed by atoms with van der Waals surface area (Å²) in [5, 5.41) is 13.1. The number of carbonyl (C=O) groups excluding carboxylic acids is 2. The summed E-state index contributed by atoms with van der Waals surface area (Å²) < 4.78 is 16.5. The number of aliphatic carboxylic acids is 1. The van der Waals surface area contributed by atoms with Crippen molar-refractivity contribution in [3.8, 4) is 27.7 Å². The van der Waals surface area contributed by atoms with Crippen LogP contribution in [0.15, 0.2) is 60.5 Å². The summed E-state index contributed by atoms with van der Waals surface area (Å²) >= 11 is 1.54. The molecule has 0 aliphatic heterocycles. The van der Waals surface area contributed by atoms with Crippen molar-refractivity contribution in [2.24, 2.45) is 0 Å². The third-order valence-electron chi connectivity index (χ3n) is 4.90. The van der Waals surface area contributed by atoms with Crippen molar-refractivity contribution in [1.82, 2.24) is 0 Å². The van der Waals surface area contributed by atoms with Gasteiger partial charge in [-0.15, -0.1) is 11.3 Å². The number of carbonyl (C=O) groups is 2. The van der Waals surface area contributed by atoms with E-state index in [1.807, 2.05) is 23.6 Å². The van der Waals surface area contributed by atoms with E-state index in [1.54, 1.807) is 30.3 Å². The number of thiophene rings is 1. The van der Waals surface area contributed by atoms with E-state index in [0.29, 0.717) is 22.8 Å². The van der Waals surface area contributed by atoms with Gasteiger partial charge < -0.3 is 24.1 Å². The molecule has 3 rings (SSSR count). The summed E-state index contributed by atoms with van der Waals surface area (Å²) in [7, 11) is 3.00. The summed E-state index contributed by atoms with van der Waals surface area (Å²) in [4.78, 5) is 25.6. The monoisotopic (exact) mass is 458 g/mol. The van der Waals surface area contributed by atoms with Gasteiger partial charge in [-0.3, -0.25) is 4.79 Å². The molecule has 0 unspecified atom stereocenters. The van der Waals surface area contributed by atoms with Gasteiger partial charge in [0.05, 0.1) is 20.2 Å². The molecule has 33 heavy (non-hydrogen) atoms. The number of carboxylic acid groups (broad SMARTS) is 1. The topological polar surface area (TPSA) is 84.9 Å². The Hall–Kier alpha value is -2.98. The fourth-order valence-corrected chi connectivity index (χ4v) is 3.88. The summed E-state index contributed by atoms with van der Waals surface area (Å²) in [5.74, 6) is -0.553.